The minimum atomic E-state index is 1.22. The summed E-state index contributed by atoms with van der Waals surface area (Å²) in [6.45, 7) is 0. The molecule has 0 N–H and O–H groups in total. The molecular weight excluding hydrogens is 579 g/mol. The molecule has 0 amide bonds. The highest BCUT2D eigenvalue weighted by molar-refractivity contribution is 6.28. The number of aromatic nitrogens is 1. The molecule has 9 aromatic carbocycles. The molecule has 0 aliphatic rings. The van der Waals surface area contributed by atoms with Crippen molar-refractivity contribution in [2.24, 2.45) is 7.05 Å². The molecular formula is C47H31N. The molecule has 0 bridgehead atoms. The molecule has 0 fully saturated rings. The first-order chi connectivity index (χ1) is 23.7. The third kappa shape index (κ3) is 3.98. The van der Waals surface area contributed by atoms with E-state index in [2.05, 4.69) is 181 Å². The standard InChI is InChI=1S/C47H31N/c1-48-43-20-9-8-17-38(43)42-29-36(24-26-44(42)48)45-39-18-6-7-19-40(39)46(47-37-16-5-4-12-31(37)23-25-41(45)47)35-15-10-14-33(28-35)34-22-21-30-11-2-3-13-32(30)27-34/h2-29H,1H3. The summed E-state index contributed by atoms with van der Waals surface area (Å²) in [7, 11) is 2.17. The van der Waals surface area contributed by atoms with E-state index in [0.29, 0.717) is 0 Å². The maximum atomic E-state index is 2.41. The van der Waals surface area contributed by atoms with E-state index in [4.69, 9.17) is 0 Å². The fourth-order valence-corrected chi connectivity index (χ4v) is 8.11. The van der Waals surface area contributed by atoms with Gasteiger partial charge in [-0.15, -0.1) is 0 Å². The average molecular weight is 610 g/mol. The second kappa shape index (κ2) is 10.4. The summed E-state index contributed by atoms with van der Waals surface area (Å²) in [6, 6.07) is 62.8. The smallest absolute Gasteiger partial charge is 0.0489 e. The minimum Gasteiger partial charge on any atom is -0.344 e. The fraction of sp³-hybridized carbons (Fsp3) is 0.0213. The third-order valence-corrected chi connectivity index (χ3v) is 10.4. The summed E-state index contributed by atoms with van der Waals surface area (Å²) < 4.78 is 2.31. The quantitative estimate of drug-likeness (QED) is 0.139. The van der Waals surface area contributed by atoms with Crippen LogP contribution in [0.1, 0.15) is 0 Å². The van der Waals surface area contributed by atoms with Gasteiger partial charge in [-0.05, 0) is 107 Å². The number of para-hydroxylation sites is 1. The lowest BCUT2D eigenvalue weighted by atomic mass is 9.83. The maximum Gasteiger partial charge on any atom is 0.0489 e. The summed E-state index contributed by atoms with van der Waals surface area (Å²) in [4.78, 5) is 0. The van der Waals surface area contributed by atoms with Gasteiger partial charge in [0.15, 0.2) is 0 Å². The van der Waals surface area contributed by atoms with Crippen molar-refractivity contribution >= 4 is 64.9 Å². The van der Waals surface area contributed by atoms with Crippen molar-refractivity contribution in [2.45, 2.75) is 0 Å². The first-order valence-electron chi connectivity index (χ1n) is 16.7. The Balaban J connectivity index is 1.30. The molecule has 0 unspecified atom stereocenters. The number of hydrogen-bond acceptors (Lipinski definition) is 0. The van der Waals surface area contributed by atoms with Crippen LogP contribution in [0.5, 0.6) is 0 Å². The van der Waals surface area contributed by atoms with E-state index in [-0.39, 0.29) is 0 Å². The predicted octanol–water partition coefficient (Wildman–Crippen LogP) is 12.9. The van der Waals surface area contributed by atoms with E-state index in [0.717, 1.165) is 0 Å². The minimum absolute atomic E-state index is 1.22. The lowest BCUT2D eigenvalue weighted by molar-refractivity contribution is 1.01. The Morgan fingerprint density at radius 2 is 0.896 bits per heavy atom. The number of aryl methyl sites for hydroxylation is 1. The molecule has 10 aromatic rings. The Kier molecular flexibility index (Phi) is 5.86. The second-order valence-electron chi connectivity index (χ2n) is 13.0. The van der Waals surface area contributed by atoms with Crippen molar-refractivity contribution in [3.63, 3.8) is 0 Å². The fourth-order valence-electron chi connectivity index (χ4n) is 8.11. The van der Waals surface area contributed by atoms with Gasteiger partial charge in [0.2, 0.25) is 0 Å². The predicted molar refractivity (Wildman–Crippen MR) is 207 cm³/mol. The summed E-state index contributed by atoms with van der Waals surface area (Å²) >= 11 is 0. The summed E-state index contributed by atoms with van der Waals surface area (Å²) in [5, 5.41) is 12.7. The lowest BCUT2D eigenvalue weighted by Gasteiger charge is -2.20. The number of rotatable bonds is 3. The van der Waals surface area contributed by atoms with Crippen molar-refractivity contribution in [2.75, 3.05) is 0 Å². The average Bonchev–Trinajstić information content (AvgIpc) is 3.44. The van der Waals surface area contributed by atoms with Gasteiger partial charge in [-0.25, -0.2) is 0 Å². The molecule has 1 heterocycles. The van der Waals surface area contributed by atoms with Crippen molar-refractivity contribution in [1.82, 2.24) is 4.57 Å². The van der Waals surface area contributed by atoms with Crippen LogP contribution in [0.2, 0.25) is 0 Å². The summed E-state index contributed by atoms with van der Waals surface area (Å²) in [5.41, 5.74) is 10.0. The van der Waals surface area contributed by atoms with Crippen LogP contribution in [-0.4, -0.2) is 4.57 Å². The molecule has 224 valence electrons. The van der Waals surface area contributed by atoms with Crippen LogP contribution in [0.4, 0.5) is 0 Å². The number of hydrogen-bond donors (Lipinski definition) is 0. The molecule has 0 atom stereocenters. The maximum absolute atomic E-state index is 2.41. The van der Waals surface area contributed by atoms with Crippen LogP contribution in [0.15, 0.2) is 170 Å². The SMILES string of the molecule is Cn1c2ccccc2c2cc(-c3c4ccccc4c(-c4cccc(-c5ccc6ccccc6c5)c4)c4c3ccc3ccccc34)ccc21. The van der Waals surface area contributed by atoms with E-state index in [9.17, 15) is 0 Å². The molecule has 0 saturated heterocycles. The van der Waals surface area contributed by atoms with Gasteiger partial charge in [-0.1, -0.05) is 140 Å². The highest BCUT2D eigenvalue weighted by Gasteiger charge is 2.20. The third-order valence-electron chi connectivity index (χ3n) is 10.4. The molecule has 10 rings (SSSR count). The zero-order chi connectivity index (χ0) is 31.8. The zero-order valence-electron chi connectivity index (χ0n) is 26.6. The van der Waals surface area contributed by atoms with Crippen LogP contribution in [0.3, 0.4) is 0 Å². The number of nitrogens with zero attached hydrogens (tertiary/aromatic N) is 1. The summed E-state index contributed by atoms with van der Waals surface area (Å²) in [5.74, 6) is 0. The molecule has 0 aliphatic heterocycles. The van der Waals surface area contributed by atoms with Gasteiger partial charge in [-0.2, -0.15) is 0 Å². The van der Waals surface area contributed by atoms with E-state index in [1.807, 2.05) is 0 Å². The Hall–Kier alpha value is -6.18. The molecule has 1 aromatic heterocycles. The molecule has 0 aliphatic carbocycles. The van der Waals surface area contributed by atoms with Crippen LogP contribution < -0.4 is 0 Å². The van der Waals surface area contributed by atoms with E-state index >= 15 is 0 Å². The molecule has 1 heteroatoms. The van der Waals surface area contributed by atoms with Crippen LogP contribution >= 0.6 is 0 Å². The molecule has 1 nitrogen and oxygen atoms in total. The van der Waals surface area contributed by atoms with Gasteiger partial charge in [0.1, 0.15) is 0 Å². The molecule has 48 heavy (non-hydrogen) atoms. The normalized spacial score (nSPS) is 11.9. The largest absolute Gasteiger partial charge is 0.344 e. The second-order valence-corrected chi connectivity index (χ2v) is 13.0. The topological polar surface area (TPSA) is 4.93 Å². The van der Waals surface area contributed by atoms with Crippen LogP contribution in [0, 0.1) is 0 Å². The first-order valence-corrected chi connectivity index (χ1v) is 16.7. The van der Waals surface area contributed by atoms with Gasteiger partial charge in [-0.3, -0.25) is 0 Å². The van der Waals surface area contributed by atoms with Gasteiger partial charge < -0.3 is 4.57 Å². The van der Waals surface area contributed by atoms with Crippen molar-refractivity contribution < 1.29 is 0 Å². The Labute approximate surface area is 278 Å². The van der Waals surface area contributed by atoms with Crippen LogP contribution in [-0.2, 0) is 7.05 Å². The van der Waals surface area contributed by atoms with Crippen molar-refractivity contribution in [3.8, 4) is 33.4 Å². The van der Waals surface area contributed by atoms with Gasteiger partial charge in [0, 0.05) is 28.9 Å². The Bertz CT molecular complexity index is 2900. The van der Waals surface area contributed by atoms with E-state index in [1.165, 1.54) is 98.3 Å². The van der Waals surface area contributed by atoms with Crippen LogP contribution in [0.25, 0.3) is 98.3 Å². The van der Waals surface area contributed by atoms with E-state index in [1.54, 1.807) is 0 Å². The Morgan fingerprint density at radius 1 is 0.312 bits per heavy atom. The molecule has 0 radical (unpaired) electrons. The van der Waals surface area contributed by atoms with Gasteiger partial charge >= 0.3 is 0 Å². The van der Waals surface area contributed by atoms with Crippen molar-refractivity contribution in [1.29, 1.82) is 0 Å². The monoisotopic (exact) mass is 609 g/mol. The van der Waals surface area contributed by atoms with E-state index < -0.39 is 0 Å². The Morgan fingerprint density at radius 3 is 1.75 bits per heavy atom. The van der Waals surface area contributed by atoms with Crippen molar-refractivity contribution in [3.05, 3.63) is 170 Å². The zero-order valence-corrected chi connectivity index (χ0v) is 26.6. The number of fused-ring (bicyclic) bond motifs is 8. The molecule has 0 spiro atoms. The lowest BCUT2D eigenvalue weighted by Crippen LogP contribution is -1.93. The number of benzene rings is 9. The highest BCUT2D eigenvalue weighted by Crippen LogP contribution is 2.47. The molecule has 0 saturated carbocycles. The van der Waals surface area contributed by atoms with Gasteiger partial charge in [0.25, 0.3) is 0 Å². The highest BCUT2D eigenvalue weighted by atomic mass is 14.9. The summed E-state index contributed by atoms with van der Waals surface area (Å²) in [6.07, 6.45) is 0. The first kappa shape index (κ1) is 27.0. The van der Waals surface area contributed by atoms with Gasteiger partial charge in [0.05, 0.1) is 0 Å².